The Morgan fingerprint density at radius 3 is 2.78 bits per heavy atom. The fraction of sp³-hybridized carbons (Fsp3) is 0.846. The van der Waals surface area contributed by atoms with Crippen molar-refractivity contribution in [3.8, 4) is 0 Å². The number of carbonyl (C=O) groups excluding carboxylic acids is 1. The van der Waals surface area contributed by atoms with Crippen LogP contribution in [0.5, 0.6) is 0 Å². The Bertz CT molecular complexity index is 281. The number of carboxylic acids is 1. The Balaban J connectivity index is 2.22. The maximum atomic E-state index is 11.9. The van der Waals surface area contributed by atoms with Crippen molar-refractivity contribution in [3.63, 3.8) is 0 Å². The summed E-state index contributed by atoms with van der Waals surface area (Å²) >= 11 is 0. The van der Waals surface area contributed by atoms with E-state index in [0.717, 1.165) is 31.8 Å². The molecule has 5 heteroatoms. The van der Waals surface area contributed by atoms with Gasteiger partial charge in [0.15, 0.2) is 0 Å². The van der Waals surface area contributed by atoms with Crippen LogP contribution in [0.4, 0.5) is 4.79 Å². The lowest BCUT2D eigenvalue weighted by atomic mass is 9.98. The molecule has 0 bridgehead atoms. The van der Waals surface area contributed by atoms with Crippen molar-refractivity contribution in [2.75, 3.05) is 19.6 Å². The average Bonchev–Trinajstić information content (AvgIpc) is 2.59. The summed E-state index contributed by atoms with van der Waals surface area (Å²) < 4.78 is 0. The second kappa shape index (κ2) is 7.95. The lowest BCUT2D eigenvalue weighted by molar-refractivity contribution is -0.137. The van der Waals surface area contributed by atoms with E-state index >= 15 is 0 Å². The number of carbonyl (C=O) groups is 2. The number of likely N-dealkylation sites (tertiary alicyclic amines) is 1. The van der Waals surface area contributed by atoms with E-state index in [9.17, 15) is 9.59 Å². The van der Waals surface area contributed by atoms with Gasteiger partial charge in [0.1, 0.15) is 0 Å². The zero-order valence-electron chi connectivity index (χ0n) is 11.2. The highest BCUT2D eigenvalue weighted by atomic mass is 16.4. The van der Waals surface area contributed by atoms with Crippen LogP contribution in [-0.4, -0.2) is 41.6 Å². The molecule has 0 aromatic rings. The van der Waals surface area contributed by atoms with E-state index in [1.165, 1.54) is 12.8 Å². The first-order chi connectivity index (χ1) is 8.63. The highest BCUT2D eigenvalue weighted by molar-refractivity contribution is 5.74. The van der Waals surface area contributed by atoms with E-state index in [4.69, 9.17) is 5.11 Å². The summed E-state index contributed by atoms with van der Waals surface area (Å²) in [6, 6.07) is -0.0443. The molecule has 1 fully saturated rings. The van der Waals surface area contributed by atoms with E-state index < -0.39 is 5.97 Å². The fourth-order valence-electron chi connectivity index (χ4n) is 2.32. The van der Waals surface area contributed by atoms with Crippen LogP contribution in [0.3, 0.4) is 0 Å². The standard InChI is InChI=1S/C13H24N2O3/c1-2-11-5-4-9-15(10-7-11)13(18)14-8-3-6-12(16)17/h11H,2-10H2,1H3,(H,14,18)(H,16,17). The number of hydrogen-bond donors (Lipinski definition) is 2. The van der Waals surface area contributed by atoms with Gasteiger partial charge in [-0.2, -0.15) is 0 Å². The van der Waals surface area contributed by atoms with Crippen LogP contribution in [-0.2, 0) is 4.79 Å². The van der Waals surface area contributed by atoms with Crippen molar-refractivity contribution in [1.29, 1.82) is 0 Å². The summed E-state index contributed by atoms with van der Waals surface area (Å²) in [6.07, 6.45) is 5.15. The van der Waals surface area contributed by atoms with Gasteiger partial charge < -0.3 is 15.3 Å². The van der Waals surface area contributed by atoms with Crippen LogP contribution >= 0.6 is 0 Å². The zero-order valence-corrected chi connectivity index (χ0v) is 11.2. The van der Waals surface area contributed by atoms with Gasteiger partial charge in [-0.15, -0.1) is 0 Å². The maximum Gasteiger partial charge on any atom is 0.317 e. The quantitative estimate of drug-likeness (QED) is 0.740. The molecule has 1 rings (SSSR count). The summed E-state index contributed by atoms with van der Waals surface area (Å²) in [4.78, 5) is 24.1. The largest absolute Gasteiger partial charge is 0.481 e. The van der Waals surface area contributed by atoms with Crippen LogP contribution < -0.4 is 5.32 Å². The average molecular weight is 256 g/mol. The van der Waals surface area contributed by atoms with E-state index in [0.29, 0.717) is 13.0 Å². The number of urea groups is 1. The van der Waals surface area contributed by atoms with Gasteiger partial charge in [0.25, 0.3) is 0 Å². The van der Waals surface area contributed by atoms with E-state index in [2.05, 4.69) is 12.2 Å². The van der Waals surface area contributed by atoms with E-state index in [1.807, 2.05) is 4.90 Å². The predicted molar refractivity (Wildman–Crippen MR) is 69.5 cm³/mol. The van der Waals surface area contributed by atoms with Crippen molar-refractivity contribution in [2.45, 2.75) is 45.4 Å². The smallest absolute Gasteiger partial charge is 0.317 e. The molecule has 2 amide bonds. The van der Waals surface area contributed by atoms with Gasteiger partial charge in [0.05, 0.1) is 0 Å². The molecule has 18 heavy (non-hydrogen) atoms. The minimum absolute atomic E-state index is 0.0443. The number of amides is 2. The highest BCUT2D eigenvalue weighted by Gasteiger charge is 2.19. The molecule has 104 valence electrons. The molecule has 1 heterocycles. The third kappa shape index (κ3) is 5.38. The van der Waals surface area contributed by atoms with E-state index in [-0.39, 0.29) is 12.5 Å². The van der Waals surface area contributed by atoms with Crippen LogP contribution in [0.2, 0.25) is 0 Å². The zero-order chi connectivity index (χ0) is 13.4. The molecule has 1 aliphatic heterocycles. The number of aliphatic carboxylic acids is 1. The van der Waals surface area contributed by atoms with Crippen LogP contribution in [0.15, 0.2) is 0 Å². The van der Waals surface area contributed by atoms with Crippen molar-refractivity contribution in [1.82, 2.24) is 10.2 Å². The SMILES string of the molecule is CCC1CCCN(C(=O)NCCCC(=O)O)CC1. The van der Waals surface area contributed by atoms with Gasteiger partial charge in [0, 0.05) is 26.1 Å². The molecule has 1 saturated heterocycles. The Labute approximate surface area is 109 Å². The molecule has 1 unspecified atom stereocenters. The maximum absolute atomic E-state index is 11.9. The number of nitrogens with zero attached hydrogens (tertiary/aromatic N) is 1. The molecule has 0 saturated carbocycles. The first-order valence-corrected chi connectivity index (χ1v) is 6.88. The first-order valence-electron chi connectivity index (χ1n) is 6.88. The topological polar surface area (TPSA) is 69.6 Å². The molecule has 1 atom stereocenters. The van der Waals surface area contributed by atoms with Crippen molar-refractivity contribution < 1.29 is 14.7 Å². The third-order valence-corrected chi connectivity index (χ3v) is 3.56. The second-order valence-electron chi connectivity index (χ2n) is 4.92. The number of hydrogen-bond acceptors (Lipinski definition) is 2. The molecule has 2 N–H and O–H groups in total. The molecule has 0 aromatic carbocycles. The summed E-state index contributed by atoms with van der Waals surface area (Å²) in [5.74, 6) is -0.0698. The Morgan fingerprint density at radius 2 is 2.11 bits per heavy atom. The fourth-order valence-corrected chi connectivity index (χ4v) is 2.32. The third-order valence-electron chi connectivity index (χ3n) is 3.56. The van der Waals surface area contributed by atoms with Gasteiger partial charge >= 0.3 is 12.0 Å². The lowest BCUT2D eigenvalue weighted by Crippen LogP contribution is -2.41. The van der Waals surface area contributed by atoms with Crippen LogP contribution in [0.25, 0.3) is 0 Å². The van der Waals surface area contributed by atoms with Crippen LogP contribution in [0.1, 0.15) is 45.4 Å². The molecule has 5 nitrogen and oxygen atoms in total. The normalized spacial score (nSPS) is 20.3. The lowest BCUT2D eigenvalue weighted by Gasteiger charge is -2.21. The molecule has 0 spiro atoms. The summed E-state index contributed by atoms with van der Waals surface area (Å²) in [6.45, 7) is 4.29. The summed E-state index contributed by atoms with van der Waals surface area (Å²) in [5.41, 5.74) is 0. The summed E-state index contributed by atoms with van der Waals surface area (Å²) in [5, 5.41) is 11.3. The Morgan fingerprint density at radius 1 is 1.33 bits per heavy atom. The minimum Gasteiger partial charge on any atom is -0.481 e. The van der Waals surface area contributed by atoms with Gasteiger partial charge in [0.2, 0.25) is 0 Å². The van der Waals surface area contributed by atoms with Crippen LogP contribution in [0, 0.1) is 5.92 Å². The molecule has 0 radical (unpaired) electrons. The molecule has 1 aliphatic rings. The Hall–Kier alpha value is -1.26. The number of rotatable bonds is 5. The van der Waals surface area contributed by atoms with Gasteiger partial charge in [-0.1, -0.05) is 13.3 Å². The number of nitrogens with one attached hydrogen (secondary N) is 1. The van der Waals surface area contributed by atoms with Gasteiger partial charge in [-0.05, 0) is 31.6 Å². The molecule has 0 aliphatic carbocycles. The summed E-state index contributed by atoms with van der Waals surface area (Å²) in [7, 11) is 0. The van der Waals surface area contributed by atoms with E-state index in [1.54, 1.807) is 0 Å². The van der Waals surface area contributed by atoms with Crippen molar-refractivity contribution in [2.24, 2.45) is 5.92 Å². The molecule has 0 aromatic heterocycles. The molecular formula is C13H24N2O3. The minimum atomic E-state index is -0.815. The second-order valence-corrected chi connectivity index (χ2v) is 4.92. The molecular weight excluding hydrogens is 232 g/mol. The van der Waals surface area contributed by atoms with Crippen molar-refractivity contribution in [3.05, 3.63) is 0 Å². The predicted octanol–water partition coefficient (Wildman–Crippen LogP) is 2.07. The number of carboxylic acid groups (broad SMARTS) is 1. The first kappa shape index (κ1) is 14.8. The monoisotopic (exact) mass is 256 g/mol. The van der Waals surface area contributed by atoms with Gasteiger partial charge in [-0.25, -0.2) is 4.79 Å². The van der Waals surface area contributed by atoms with Crippen molar-refractivity contribution >= 4 is 12.0 Å². The highest BCUT2D eigenvalue weighted by Crippen LogP contribution is 2.20. The Kier molecular flexibility index (Phi) is 6.54. The van der Waals surface area contributed by atoms with Gasteiger partial charge in [-0.3, -0.25) is 4.79 Å².